The molecular formula is C54H77N13O12. The summed E-state index contributed by atoms with van der Waals surface area (Å²) in [6.07, 6.45) is 1.67. The van der Waals surface area contributed by atoms with Crippen molar-refractivity contribution in [1.29, 1.82) is 0 Å². The second-order valence-corrected chi connectivity index (χ2v) is 19.8. The van der Waals surface area contributed by atoms with E-state index in [9.17, 15) is 58.5 Å². The van der Waals surface area contributed by atoms with Crippen LogP contribution < -0.4 is 60.2 Å². The second kappa shape index (κ2) is 32.4. The summed E-state index contributed by atoms with van der Waals surface area (Å²) >= 11 is 0. The molecule has 0 spiro atoms. The van der Waals surface area contributed by atoms with E-state index in [1.54, 1.807) is 68.4 Å². The Bertz CT molecular complexity index is 2550. The Kier molecular flexibility index (Phi) is 25.9. The molecule has 1 aliphatic rings. The number of carboxylic acids is 1. The number of aromatic hydroxyl groups is 2. The van der Waals surface area contributed by atoms with Crippen molar-refractivity contribution < 1.29 is 58.5 Å². The summed E-state index contributed by atoms with van der Waals surface area (Å²) < 4.78 is 0. The minimum atomic E-state index is -1.35. The van der Waals surface area contributed by atoms with Gasteiger partial charge in [0.2, 0.25) is 47.3 Å². The lowest BCUT2D eigenvalue weighted by molar-refractivity contribution is -0.149. The molecule has 1 saturated heterocycles. The van der Waals surface area contributed by atoms with Crippen molar-refractivity contribution in [2.45, 2.75) is 127 Å². The fraction of sp³-hybridized carbons (Fsp3) is 0.481. The van der Waals surface area contributed by atoms with Crippen LogP contribution in [0.15, 0.2) is 83.9 Å². The molecule has 18 N–H and O–H groups in total. The number of nitrogens with zero attached hydrogens (tertiary/aromatic N) is 2. The molecule has 1 heterocycles. The maximum atomic E-state index is 14.4. The number of nitrogens with two attached hydrogens (primary N) is 4. The van der Waals surface area contributed by atoms with Crippen LogP contribution in [0.25, 0.3) is 0 Å². The van der Waals surface area contributed by atoms with Crippen molar-refractivity contribution in [3.63, 3.8) is 0 Å². The van der Waals surface area contributed by atoms with Gasteiger partial charge in [0.1, 0.15) is 47.8 Å². The third-order valence-corrected chi connectivity index (χ3v) is 12.8. The van der Waals surface area contributed by atoms with Gasteiger partial charge in [0.05, 0.1) is 19.1 Å². The predicted molar refractivity (Wildman–Crippen MR) is 292 cm³/mol. The molecule has 7 atom stereocenters. The first-order valence-corrected chi connectivity index (χ1v) is 26.3. The lowest BCUT2D eigenvalue weighted by Gasteiger charge is -2.30. The van der Waals surface area contributed by atoms with E-state index in [0.29, 0.717) is 36.0 Å². The van der Waals surface area contributed by atoms with E-state index in [1.165, 1.54) is 29.2 Å². The number of carboxylic acid groups (broad SMARTS) is 1. The first-order chi connectivity index (χ1) is 37.6. The minimum absolute atomic E-state index is 0.0362. The maximum absolute atomic E-state index is 14.4. The smallest absolute Gasteiger partial charge is 0.326 e. The Balaban J connectivity index is 1.51. The van der Waals surface area contributed by atoms with Crippen molar-refractivity contribution in [2.75, 3.05) is 32.7 Å². The van der Waals surface area contributed by atoms with Crippen LogP contribution in [0.5, 0.6) is 11.5 Å². The van der Waals surface area contributed by atoms with Gasteiger partial charge in [-0.05, 0) is 111 Å². The lowest BCUT2D eigenvalue weighted by atomic mass is 10.00. The predicted octanol–water partition coefficient (Wildman–Crippen LogP) is -1.59. The average molecular weight is 1100 g/mol. The number of hydrogen-bond acceptors (Lipinski definition) is 14. The van der Waals surface area contributed by atoms with Gasteiger partial charge in [-0.25, -0.2) is 4.79 Å². The molecule has 3 aromatic rings. The van der Waals surface area contributed by atoms with Gasteiger partial charge in [0.15, 0.2) is 5.96 Å². The highest BCUT2D eigenvalue weighted by Crippen LogP contribution is 2.21. The highest BCUT2D eigenvalue weighted by molar-refractivity contribution is 5.97. The number of hydrogen-bond donors (Lipinski definition) is 14. The summed E-state index contributed by atoms with van der Waals surface area (Å²) in [5.41, 5.74) is 24.8. The van der Waals surface area contributed by atoms with Crippen LogP contribution in [-0.2, 0) is 62.4 Å². The lowest BCUT2D eigenvalue weighted by Crippen LogP contribution is -2.60. The number of phenols is 2. The second-order valence-electron chi connectivity index (χ2n) is 19.8. The number of rotatable bonds is 32. The molecule has 79 heavy (non-hydrogen) atoms. The Morgan fingerprint density at radius 3 is 1.68 bits per heavy atom. The molecule has 0 radical (unpaired) electrons. The minimum Gasteiger partial charge on any atom is -0.508 e. The molecular weight excluding hydrogens is 1020 g/mol. The van der Waals surface area contributed by atoms with Crippen molar-refractivity contribution >= 4 is 59.2 Å². The SMILES string of the molecule is CC(C)C[C@H](NC(=O)[C@H](Cc1ccccc1)NC(=O)CNC(=O)CNC(=O)[C@@H](N)Cc1ccc(O)cc1)C(=O)N[C@@H](CCCN=C(N)N)C(=O)N[C@@H](CCCCN)C(=O)N[C@@H](Cc1ccc(O)cc1)C(=O)N1CCC[C@H]1C(=O)O. The molecule has 1 aliphatic heterocycles. The van der Waals surface area contributed by atoms with E-state index in [1.807, 2.05) is 0 Å². The zero-order valence-corrected chi connectivity index (χ0v) is 44.7. The van der Waals surface area contributed by atoms with E-state index in [-0.39, 0.29) is 94.4 Å². The maximum Gasteiger partial charge on any atom is 0.326 e. The van der Waals surface area contributed by atoms with Gasteiger partial charge in [0.25, 0.3) is 0 Å². The van der Waals surface area contributed by atoms with E-state index < -0.39 is 109 Å². The summed E-state index contributed by atoms with van der Waals surface area (Å²) in [4.78, 5) is 127. The topological polar surface area (TPSA) is 418 Å². The van der Waals surface area contributed by atoms with Crippen LogP contribution in [-0.4, -0.2) is 154 Å². The third-order valence-electron chi connectivity index (χ3n) is 12.8. The molecule has 0 bridgehead atoms. The number of amides is 8. The number of aliphatic imine (C=N–C) groups is 1. The Morgan fingerprint density at radius 2 is 1.11 bits per heavy atom. The standard InChI is InChI=1S/C54H77N13O12/c1-32(2)26-41(65-51(76)42(28-33-10-4-3-5-11-33)62-46(71)31-60-45(70)30-61-47(72)38(56)27-34-15-19-36(68)20-16-34)50(75)64-40(13-8-24-59-54(57)58)48(73)63-39(12-6-7-23-55)49(74)66-43(29-35-17-21-37(69)22-18-35)52(77)67-25-9-14-44(67)53(78)79/h3-5,10-11,15-22,32,38-44,68-69H,6-9,12-14,23-31,55-56H2,1-2H3,(H,60,70)(H,61,72)(H,62,71)(H,63,73)(H,64,75)(H,65,76)(H,66,74)(H,78,79)(H4,57,58,59)/t38-,39-,40-,41-,42-,43-,44-/m0/s1. The van der Waals surface area contributed by atoms with Crippen LogP contribution in [0, 0.1) is 5.92 Å². The van der Waals surface area contributed by atoms with Crippen molar-refractivity contribution in [3.8, 4) is 11.5 Å². The number of nitrogens with one attached hydrogen (secondary N) is 7. The highest BCUT2D eigenvalue weighted by Gasteiger charge is 2.39. The molecule has 0 aromatic heterocycles. The number of phenolic OH excluding ortho intramolecular Hbond substituents is 2. The van der Waals surface area contributed by atoms with Crippen molar-refractivity contribution in [3.05, 3.63) is 95.6 Å². The van der Waals surface area contributed by atoms with E-state index in [4.69, 9.17) is 22.9 Å². The summed E-state index contributed by atoms with van der Waals surface area (Å²) in [6.45, 7) is 2.96. The van der Waals surface area contributed by atoms with Crippen LogP contribution in [0.1, 0.15) is 81.9 Å². The van der Waals surface area contributed by atoms with Crippen LogP contribution in [0.2, 0.25) is 0 Å². The Labute approximate surface area is 458 Å². The summed E-state index contributed by atoms with van der Waals surface area (Å²) in [5.74, 6) is -7.52. The zero-order valence-electron chi connectivity index (χ0n) is 44.7. The van der Waals surface area contributed by atoms with Crippen LogP contribution in [0.3, 0.4) is 0 Å². The largest absolute Gasteiger partial charge is 0.508 e. The molecule has 3 aromatic carbocycles. The van der Waals surface area contributed by atoms with Gasteiger partial charge in [-0.1, -0.05) is 68.4 Å². The molecule has 0 aliphatic carbocycles. The third kappa shape index (κ3) is 22.3. The van der Waals surface area contributed by atoms with Crippen molar-refractivity contribution in [2.24, 2.45) is 33.8 Å². The van der Waals surface area contributed by atoms with E-state index >= 15 is 0 Å². The Hall–Kier alpha value is -8.32. The molecule has 25 nitrogen and oxygen atoms in total. The monoisotopic (exact) mass is 1100 g/mol. The fourth-order valence-corrected chi connectivity index (χ4v) is 8.70. The zero-order chi connectivity index (χ0) is 58.0. The number of carbonyl (C=O) groups is 9. The molecule has 0 saturated carbocycles. The van der Waals surface area contributed by atoms with Crippen LogP contribution >= 0.6 is 0 Å². The molecule has 4 rings (SSSR count). The van der Waals surface area contributed by atoms with Crippen molar-refractivity contribution in [1.82, 2.24) is 42.1 Å². The van der Waals surface area contributed by atoms with Gasteiger partial charge < -0.3 is 80.4 Å². The number of aliphatic carboxylic acids is 1. The van der Waals surface area contributed by atoms with E-state index in [2.05, 4.69) is 42.2 Å². The summed E-state index contributed by atoms with van der Waals surface area (Å²) in [7, 11) is 0. The average Bonchev–Trinajstić information content (AvgIpc) is 3.91. The molecule has 25 heteroatoms. The van der Waals surface area contributed by atoms with Gasteiger partial charge in [-0.15, -0.1) is 0 Å². The van der Waals surface area contributed by atoms with Gasteiger partial charge in [-0.2, -0.15) is 0 Å². The fourth-order valence-electron chi connectivity index (χ4n) is 8.70. The molecule has 0 unspecified atom stereocenters. The number of likely N-dealkylation sites (tertiary alicyclic amines) is 1. The quantitative estimate of drug-likeness (QED) is 0.0190. The molecule has 8 amide bonds. The first kappa shape index (κ1) is 63.2. The van der Waals surface area contributed by atoms with Gasteiger partial charge >= 0.3 is 5.97 Å². The van der Waals surface area contributed by atoms with Gasteiger partial charge in [-0.3, -0.25) is 43.3 Å². The number of unbranched alkanes of at least 4 members (excludes halogenated alkanes) is 1. The summed E-state index contributed by atoms with van der Waals surface area (Å²) in [5, 5.41) is 47.7. The molecule has 1 fully saturated rings. The highest BCUT2D eigenvalue weighted by atomic mass is 16.4. The Morgan fingerprint density at radius 1 is 0.608 bits per heavy atom. The molecule has 430 valence electrons. The summed E-state index contributed by atoms with van der Waals surface area (Å²) in [6, 6.07) is 12.1. The van der Waals surface area contributed by atoms with Crippen LogP contribution in [0.4, 0.5) is 0 Å². The normalized spacial score (nSPS) is 15.2. The number of guanidine groups is 1. The number of benzene rings is 3. The van der Waals surface area contributed by atoms with E-state index in [0.717, 1.165) is 0 Å². The van der Waals surface area contributed by atoms with Gasteiger partial charge in [0, 0.05) is 25.9 Å². The number of carbonyl (C=O) groups excluding carboxylic acids is 8. The first-order valence-electron chi connectivity index (χ1n) is 26.3.